The van der Waals surface area contributed by atoms with E-state index in [1.807, 2.05) is 24.3 Å². The Morgan fingerprint density at radius 2 is 1.86 bits per heavy atom. The van der Waals surface area contributed by atoms with Crippen LogP contribution in [-0.2, 0) is 0 Å². The van der Waals surface area contributed by atoms with Crippen molar-refractivity contribution >= 4 is 62.2 Å². The molecule has 1 nitrogen and oxygen atoms in total. The molecule has 0 aliphatic carbocycles. The summed E-state index contributed by atoms with van der Waals surface area (Å²) in [5.74, 6) is 0. The fourth-order valence-corrected chi connectivity index (χ4v) is 3.55. The number of carbonyl (C=O) groups excluding carboxylic acids is 1. The van der Waals surface area contributed by atoms with Crippen molar-refractivity contribution in [3.05, 3.63) is 43.0 Å². The lowest BCUT2D eigenvalue weighted by Crippen LogP contribution is -1.92. The van der Waals surface area contributed by atoms with E-state index in [0.717, 1.165) is 24.4 Å². The Hall–Kier alpha value is -0.170. The van der Waals surface area contributed by atoms with E-state index in [-0.39, 0.29) is 0 Å². The maximum Gasteiger partial charge on any atom is 0.152 e. The minimum absolute atomic E-state index is 0.796. The molecule has 0 aliphatic rings. The number of hydrogen-bond donors (Lipinski definition) is 0. The van der Waals surface area contributed by atoms with Crippen molar-refractivity contribution in [3.63, 3.8) is 0 Å². The van der Waals surface area contributed by atoms with Crippen LogP contribution in [0.5, 0.6) is 0 Å². The molecule has 0 radical (unpaired) electrons. The highest BCUT2D eigenvalue weighted by Crippen LogP contribution is 2.27. The molecule has 0 atom stereocenters. The smallest absolute Gasteiger partial charge is 0.152 e. The van der Waals surface area contributed by atoms with E-state index in [4.69, 9.17) is 0 Å². The normalized spacial score (nSPS) is 10.4. The summed E-state index contributed by atoms with van der Waals surface area (Å²) in [6.07, 6.45) is 0.927. The van der Waals surface area contributed by atoms with E-state index < -0.39 is 0 Å². The van der Waals surface area contributed by atoms with Crippen molar-refractivity contribution in [1.29, 1.82) is 0 Å². The summed E-state index contributed by atoms with van der Waals surface area (Å²) in [5.41, 5.74) is 0.796. The van der Waals surface area contributed by atoms with Gasteiger partial charge in [-0.1, -0.05) is 24.3 Å². The van der Waals surface area contributed by atoms with Gasteiger partial charge in [-0.25, -0.2) is 0 Å². The van der Waals surface area contributed by atoms with Crippen LogP contribution in [0.25, 0.3) is 10.8 Å². The second kappa shape index (κ2) is 4.14. The maximum absolute atomic E-state index is 10.9. The molecule has 2 aromatic carbocycles. The summed E-state index contributed by atoms with van der Waals surface area (Å²) >= 11 is 4.43. The molecule has 0 spiro atoms. The number of rotatable bonds is 1. The highest BCUT2D eigenvalue weighted by atomic mass is 127. The molecular weight excluding hydrogens is 402 g/mol. The minimum Gasteiger partial charge on any atom is -0.298 e. The first-order chi connectivity index (χ1) is 6.74. The topological polar surface area (TPSA) is 17.1 Å². The largest absolute Gasteiger partial charge is 0.298 e. The molecule has 0 heterocycles. The van der Waals surface area contributed by atoms with Gasteiger partial charge in [-0.15, -0.1) is 0 Å². The van der Waals surface area contributed by atoms with E-state index in [2.05, 4.69) is 51.2 Å². The minimum atomic E-state index is 0.796. The van der Waals surface area contributed by atoms with Crippen molar-refractivity contribution < 1.29 is 4.79 Å². The monoisotopic (exact) mass is 408 g/mol. The molecule has 0 amide bonds. The number of carbonyl (C=O) groups is 1. The van der Waals surface area contributed by atoms with Gasteiger partial charge in [-0.05, 0) is 62.0 Å². The number of benzene rings is 2. The van der Waals surface area contributed by atoms with Gasteiger partial charge in [0.15, 0.2) is 6.29 Å². The van der Waals surface area contributed by atoms with Crippen LogP contribution in [0, 0.1) is 7.14 Å². The van der Waals surface area contributed by atoms with Crippen LogP contribution in [0.15, 0.2) is 30.3 Å². The van der Waals surface area contributed by atoms with E-state index in [1.165, 1.54) is 5.39 Å². The van der Waals surface area contributed by atoms with Gasteiger partial charge in [0.1, 0.15) is 0 Å². The molecule has 0 saturated carbocycles. The predicted octanol–water partition coefficient (Wildman–Crippen LogP) is 3.86. The van der Waals surface area contributed by atoms with Crippen LogP contribution in [0.2, 0.25) is 0 Å². The number of aldehydes is 1. The van der Waals surface area contributed by atoms with E-state index in [1.54, 1.807) is 0 Å². The molecule has 0 unspecified atom stereocenters. The zero-order valence-electron chi connectivity index (χ0n) is 7.13. The summed E-state index contributed by atoms with van der Waals surface area (Å²) in [5, 5.41) is 2.34. The third kappa shape index (κ3) is 1.67. The standard InChI is InChI=1S/C11H6I2O/c12-10-5-7-3-1-2-4-8(7)11(13)9(10)6-14/h1-6H. The van der Waals surface area contributed by atoms with Crippen LogP contribution in [0.4, 0.5) is 0 Å². The highest BCUT2D eigenvalue weighted by Gasteiger charge is 2.07. The van der Waals surface area contributed by atoms with Crippen molar-refractivity contribution in [2.45, 2.75) is 0 Å². The Balaban J connectivity index is 2.92. The average Bonchev–Trinajstić information content (AvgIpc) is 2.18. The quantitative estimate of drug-likeness (QED) is 0.518. The number of hydrogen-bond acceptors (Lipinski definition) is 1. The van der Waals surface area contributed by atoms with E-state index in [0.29, 0.717) is 0 Å². The lowest BCUT2D eigenvalue weighted by molar-refractivity contribution is 0.112. The molecule has 2 aromatic rings. The van der Waals surface area contributed by atoms with Gasteiger partial charge in [0.2, 0.25) is 0 Å². The molecule has 0 aliphatic heterocycles. The first kappa shape index (κ1) is 10.4. The Morgan fingerprint density at radius 3 is 2.57 bits per heavy atom. The number of halogens is 2. The van der Waals surface area contributed by atoms with Crippen LogP contribution >= 0.6 is 45.2 Å². The summed E-state index contributed by atoms with van der Waals surface area (Å²) < 4.78 is 2.06. The molecule has 0 aromatic heterocycles. The van der Waals surface area contributed by atoms with Crippen LogP contribution in [-0.4, -0.2) is 6.29 Å². The third-order valence-corrected chi connectivity index (χ3v) is 4.15. The van der Waals surface area contributed by atoms with Crippen LogP contribution in [0.1, 0.15) is 10.4 Å². The van der Waals surface area contributed by atoms with Crippen molar-refractivity contribution in [1.82, 2.24) is 0 Å². The first-order valence-electron chi connectivity index (χ1n) is 4.06. The Kier molecular flexibility index (Phi) is 3.06. The van der Waals surface area contributed by atoms with Crippen LogP contribution < -0.4 is 0 Å². The first-order valence-corrected chi connectivity index (χ1v) is 6.21. The summed E-state index contributed by atoms with van der Waals surface area (Å²) in [7, 11) is 0. The molecule has 14 heavy (non-hydrogen) atoms. The molecule has 3 heteroatoms. The molecule has 0 fully saturated rings. The summed E-state index contributed by atoms with van der Waals surface area (Å²) in [6, 6.07) is 10.2. The number of fused-ring (bicyclic) bond motifs is 1. The fraction of sp³-hybridized carbons (Fsp3) is 0. The summed E-state index contributed by atoms with van der Waals surface area (Å²) in [4.78, 5) is 10.9. The van der Waals surface area contributed by atoms with Gasteiger partial charge in [0.25, 0.3) is 0 Å². The van der Waals surface area contributed by atoms with Gasteiger partial charge in [-0.3, -0.25) is 4.79 Å². The van der Waals surface area contributed by atoms with Crippen molar-refractivity contribution in [3.8, 4) is 0 Å². The van der Waals surface area contributed by atoms with Gasteiger partial charge >= 0.3 is 0 Å². The van der Waals surface area contributed by atoms with Crippen molar-refractivity contribution in [2.75, 3.05) is 0 Å². The average molecular weight is 408 g/mol. The lowest BCUT2D eigenvalue weighted by atomic mass is 10.1. The molecular formula is C11H6I2O. The molecule has 0 saturated heterocycles. The molecule has 70 valence electrons. The SMILES string of the molecule is O=Cc1c(I)cc2ccccc2c1I. The highest BCUT2D eigenvalue weighted by molar-refractivity contribution is 14.1. The zero-order valence-corrected chi connectivity index (χ0v) is 11.4. The molecule has 2 rings (SSSR count). The lowest BCUT2D eigenvalue weighted by Gasteiger charge is -2.05. The maximum atomic E-state index is 10.9. The second-order valence-corrected chi connectivity index (χ2v) is 5.17. The third-order valence-electron chi connectivity index (χ3n) is 2.09. The Morgan fingerprint density at radius 1 is 1.14 bits per heavy atom. The van der Waals surface area contributed by atoms with E-state index >= 15 is 0 Å². The van der Waals surface area contributed by atoms with E-state index in [9.17, 15) is 4.79 Å². The van der Waals surface area contributed by atoms with Gasteiger partial charge in [-0.2, -0.15) is 0 Å². The van der Waals surface area contributed by atoms with Gasteiger partial charge in [0, 0.05) is 12.7 Å². The molecule has 0 N–H and O–H groups in total. The van der Waals surface area contributed by atoms with Gasteiger partial charge < -0.3 is 0 Å². The fourth-order valence-electron chi connectivity index (χ4n) is 1.39. The zero-order chi connectivity index (χ0) is 10.1. The van der Waals surface area contributed by atoms with Crippen LogP contribution in [0.3, 0.4) is 0 Å². The Bertz CT molecular complexity index is 506. The molecule has 0 bridgehead atoms. The second-order valence-electron chi connectivity index (χ2n) is 2.93. The predicted molar refractivity (Wildman–Crippen MR) is 74.8 cm³/mol. The summed E-state index contributed by atoms with van der Waals surface area (Å²) in [6.45, 7) is 0. The Labute approximate surface area is 109 Å². The van der Waals surface area contributed by atoms with Gasteiger partial charge in [0.05, 0.1) is 0 Å². The van der Waals surface area contributed by atoms with Crippen molar-refractivity contribution in [2.24, 2.45) is 0 Å².